The molecule has 1 heterocycles. The van der Waals surface area contributed by atoms with E-state index in [1.165, 1.54) is 0 Å². The average Bonchev–Trinajstić information content (AvgIpc) is 2.46. The zero-order valence-corrected chi connectivity index (χ0v) is 13.1. The lowest BCUT2D eigenvalue weighted by molar-refractivity contribution is 0.270. The summed E-state index contributed by atoms with van der Waals surface area (Å²) in [4.78, 5) is 11.7. The van der Waals surface area contributed by atoms with E-state index in [1.54, 1.807) is 24.3 Å². The van der Waals surface area contributed by atoms with Crippen LogP contribution in [0.2, 0.25) is 5.02 Å². The molecule has 2 rings (SSSR count). The average molecular weight is 307 g/mol. The Morgan fingerprint density at radius 3 is 2.86 bits per heavy atom. The van der Waals surface area contributed by atoms with E-state index in [1.807, 2.05) is 6.92 Å². The molecule has 0 aliphatic carbocycles. The minimum Gasteiger partial charge on any atom is -0.485 e. The Kier molecular flexibility index (Phi) is 5.07. The first-order valence-corrected chi connectivity index (χ1v) is 7.48. The van der Waals surface area contributed by atoms with Gasteiger partial charge in [-0.3, -0.25) is 0 Å². The summed E-state index contributed by atoms with van der Waals surface area (Å²) < 4.78 is 10.9. The van der Waals surface area contributed by atoms with E-state index in [0.29, 0.717) is 16.4 Å². The molecular weight excluding hydrogens is 288 g/mol. The van der Waals surface area contributed by atoms with Gasteiger partial charge in [-0.1, -0.05) is 37.6 Å². The first kappa shape index (κ1) is 15.6. The molecular formula is C17H19ClO3. The van der Waals surface area contributed by atoms with Crippen molar-refractivity contribution in [2.75, 3.05) is 0 Å². The summed E-state index contributed by atoms with van der Waals surface area (Å²) in [7, 11) is 0. The SMILES string of the molecule is C=CC(C)Oc1cc2oc(=O)cc(CCCC)c2cc1Cl. The molecule has 0 saturated carbocycles. The van der Waals surface area contributed by atoms with Gasteiger partial charge < -0.3 is 9.15 Å². The molecule has 112 valence electrons. The highest BCUT2D eigenvalue weighted by Crippen LogP contribution is 2.32. The number of unbranched alkanes of at least 4 members (excludes halogenated alkanes) is 1. The summed E-state index contributed by atoms with van der Waals surface area (Å²) in [5.74, 6) is 0.493. The van der Waals surface area contributed by atoms with Crippen LogP contribution in [0.15, 0.2) is 40.1 Å². The number of benzene rings is 1. The van der Waals surface area contributed by atoms with Crippen molar-refractivity contribution in [1.82, 2.24) is 0 Å². The van der Waals surface area contributed by atoms with E-state index in [9.17, 15) is 4.79 Å². The van der Waals surface area contributed by atoms with Gasteiger partial charge in [-0.15, -0.1) is 0 Å². The fourth-order valence-electron chi connectivity index (χ4n) is 2.14. The molecule has 2 aromatic rings. The standard InChI is InChI=1S/C17H19ClO3/c1-4-6-7-12-8-17(19)21-15-10-16(20-11(3)5-2)14(18)9-13(12)15/h5,8-11H,2,4,6-7H2,1,3H3. The zero-order chi connectivity index (χ0) is 15.4. The van der Waals surface area contributed by atoms with Crippen molar-refractivity contribution in [3.05, 3.63) is 51.9 Å². The van der Waals surface area contributed by atoms with E-state index >= 15 is 0 Å². The van der Waals surface area contributed by atoms with Crippen LogP contribution >= 0.6 is 11.6 Å². The Bertz CT molecular complexity index is 703. The van der Waals surface area contributed by atoms with Crippen LogP contribution in [-0.2, 0) is 6.42 Å². The summed E-state index contributed by atoms with van der Waals surface area (Å²) in [6.07, 6.45) is 4.41. The largest absolute Gasteiger partial charge is 0.485 e. The van der Waals surface area contributed by atoms with Gasteiger partial charge in [-0.05, 0) is 31.4 Å². The number of hydrogen-bond donors (Lipinski definition) is 0. The first-order valence-electron chi connectivity index (χ1n) is 7.10. The number of aryl methyl sites for hydroxylation is 1. The third-order valence-electron chi connectivity index (χ3n) is 3.33. The Hall–Kier alpha value is -1.74. The Labute approximate surface area is 129 Å². The third kappa shape index (κ3) is 3.67. The van der Waals surface area contributed by atoms with Crippen LogP contribution in [0.25, 0.3) is 11.0 Å². The molecule has 0 aliphatic heterocycles. The highest BCUT2D eigenvalue weighted by atomic mass is 35.5. The molecule has 4 heteroatoms. The molecule has 0 fully saturated rings. The summed E-state index contributed by atoms with van der Waals surface area (Å²) in [6, 6.07) is 5.02. The summed E-state index contributed by atoms with van der Waals surface area (Å²) >= 11 is 6.27. The van der Waals surface area contributed by atoms with E-state index in [2.05, 4.69) is 13.5 Å². The number of fused-ring (bicyclic) bond motifs is 1. The van der Waals surface area contributed by atoms with Crippen LogP contribution in [0.4, 0.5) is 0 Å². The quantitative estimate of drug-likeness (QED) is 0.571. The second kappa shape index (κ2) is 6.81. The number of rotatable bonds is 6. The smallest absolute Gasteiger partial charge is 0.336 e. The van der Waals surface area contributed by atoms with E-state index < -0.39 is 0 Å². The van der Waals surface area contributed by atoms with Gasteiger partial charge in [0.1, 0.15) is 17.4 Å². The lowest BCUT2D eigenvalue weighted by atomic mass is 10.0. The highest BCUT2D eigenvalue weighted by molar-refractivity contribution is 6.32. The minimum absolute atomic E-state index is 0.171. The van der Waals surface area contributed by atoms with Crippen molar-refractivity contribution in [3.8, 4) is 5.75 Å². The molecule has 21 heavy (non-hydrogen) atoms. The maximum atomic E-state index is 11.7. The van der Waals surface area contributed by atoms with Gasteiger partial charge in [-0.25, -0.2) is 4.79 Å². The van der Waals surface area contributed by atoms with E-state index in [-0.39, 0.29) is 11.7 Å². The first-order chi connectivity index (χ1) is 10.0. The van der Waals surface area contributed by atoms with Crippen LogP contribution in [0.1, 0.15) is 32.3 Å². The van der Waals surface area contributed by atoms with E-state index in [4.69, 9.17) is 20.8 Å². The minimum atomic E-state index is -0.348. The van der Waals surface area contributed by atoms with E-state index in [0.717, 1.165) is 30.2 Å². The Morgan fingerprint density at radius 2 is 2.19 bits per heavy atom. The van der Waals surface area contributed by atoms with Crippen molar-refractivity contribution in [1.29, 1.82) is 0 Å². The predicted molar refractivity (Wildman–Crippen MR) is 86.4 cm³/mol. The fourth-order valence-corrected chi connectivity index (χ4v) is 2.35. The summed E-state index contributed by atoms with van der Waals surface area (Å²) in [5.41, 5.74) is 1.12. The molecule has 1 aromatic carbocycles. The highest BCUT2D eigenvalue weighted by Gasteiger charge is 2.12. The van der Waals surface area contributed by atoms with Gasteiger partial charge in [0, 0.05) is 17.5 Å². The van der Waals surface area contributed by atoms with Gasteiger partial charge >= 0.3 is 5.63 Å². The molecule has 0 aliphatic rings. The molecule has 0 saturated heterocycles. The molecule has 1 atom stereocenters. The van der Waals surface area contributed by atoms with Crippen molar-refractivity contribution in [2.45, 2.75) is 39.2 Å². The van der Waals surface area contributed by atoms with Crippen LogP contribution < -0.4 is 10.4 Å². The number of halogens is 1. The second-order valence-electron chi connectivity index (χ2n) is 5.03. The van der Waals surface area contributed by atoms with Gasteiger partial charge in [-0.2, -0.15) is 0 Å². The summed E-state index contributed by atoms with van der Waals surface area (Å²) in [6.45, 7) is 7.65. The van der Waals surface area contributed by atoms with Crippen molar-refractivity contribution >= 4 is 22.6 Å². The van der Waals surface area contributed by atoms with Gasteiger partial charge in [0.05, 0.1) is 5.02 Å². The predicted octanol–water partition coefficient (Wildman–Crippen LogP) is 4.74. The number of ether oxygens (including phenoxy) is 1. The molecule has 1 aromatic heterocycles. The Balaban J connectivity index is 2.52. The Morgan fingerprint density at radius 1 is 1.43 bits per heavy atom. The molecule has 0 amide bonds. The zero-order valence-electron chi connectivity index (χ0n) is 12.3. The lowest BCUT2D eigenvalue weighted by Crippen LogP contribution is -2.08. The molecule has 1 unspecified atom stereocenters. The van der Waals surface area contributed by atoms with Crippen molar-refractivity contribution in [3.63, 3.8) is 0 Å². The maximum Gasteiger partial charge on any atom is 0.336 e. The normalized spacial score (nSPS) is 12.3. The maximum absolute atomic E-state index is 11.7. The van der Waals surface area contributed by atoms with Gasteiger partial charge in [0.15, 0.2) is 0 Å². The van der Waals surface area contributed by atoms with Crippen molar-refractivity contribution < 1.29 is 9.15 Å². The molecule has 0 radical (unpaired) electrons. The third-order valence-corrected chi connectivity index (χ3v) is 3.62. The second-order valence-corrected chi connectivity index (χ2v) is 5.44. The summed E-state index contributed by atoms with van der Waals surface area (Å²) in [5, 5.41) is 1.37. The van der Waals surface area contributed by atoms with Crippen LogP contribution in [-0.4, -0.2) is 6.10 Å². The van der Waals surface area contributed by atoms with Gasteiger partial charge in [0.2, 0.25) is 0 Å². The van der Waals surface area contributed by atoms with Gasteiger partial charge in [0.25, 0.3) is 0 Å². The topological polar surface area (TPSA) is 39.4 Å². The molecule has 0 spiro atoms. The molecule has 0 N–H and O–H groups in total. The molecule has 0 bridgehead atoms. The van der Waals surface area contributed by atoms with Crippen LogP contribution in [0.3, 0.4) is 0 Å². The van der Waals surface area contributed by atoms with Crippen molar-refractivity contribution in [2.24, 2.45) is 0 Å². The van der Waals surface area contributed by atoms with Crippen LogP contribution in [0, 0.1) is 0 Å². The fraction of sp³-hybridized carbons (Fsp3) is 0.353. The van der Waals surface area contributed by atoms with Crippen LogP contribution in [0.5, 0.6) is 5.75 Å². The molecule has 3 nitrogen and oxygen atoms in total. The monoisotopic (exact) mass is 306 g/mol. The number of hydrogen-bond acceptors (Lipinski definition) is 3. The lowest BCUT2D eigenvalue weighted by Gasteiger charge is -2.13.